The van der Waals surface area contributed by atoms with Gasteiger partial charge in [-0.1, -0.05) is 0 Å². The second-order valence-corrected chi connectivity index (χ2v) is 6.20. The van der Waals surface area contributed by atoms with E-state index >= 15 is 0 Å². The average molecular weight is 304 g/mol. The average Bonchev–Trinajstić information content (AvgIpc) is 3.01. The maximum atomic E-state index is 12.2. The van der Waals surface area contributed by atoms with Crippen LogP contribution in [0.1, 0.15) is 9.67 Å². The Morgan fingerprint density at radius 2 is 2.10 bits per heavy atom. The van der Waals surface area contributed by atoms with Crippen LogP contribution in [0.2, 0.25) is 0 Å². The fraction of sp³-hybridized carbons (Fsp3) is 0.0714. The van der Waals surface area contributed by atoms with Crippen molar-refractivity contribution in [3.05, 3.63) is 40.6 Å². The number of methoxy groups -OCH3 is 1. The number of anilines is 2. The molecule has 0 spiro atoms. The summed E-state index contributed by atoms with van der Waals surface area (Å²) < 4.78 is 7.41. The number of fused-ring (bicyclic) bond motifs is 1. The molecule has 0 aliphatic heterocycles. The minimum absolute atomic E-state index is 0.120. The van der Waals surface area contributed by atoms with Crippen molar-refractivity contribution in [1.29, 1.82) is 0 Å². The molecule has 20 heavy (non-hydrogen) atoms. The smallest absolute Gasteiger partial charge is 0.265 e. The van der Waals surface area contributed by atoms with Crippen LogP contribution in [0.4, 0.5) is 11.4 Å². The Bertz CT molecular complexity index is 748. The van der Waals surface area contributed by atoms with Gasteiger partial charge in [0.1, 0.15) is 5.75 Å². The Kier molecular flexibility index (Phi) is 3.33. The van der Waals surface area contributed by atoms with Crippen LogP contribution in [0.25, 0.3) is 9.40 Å². The van der Waals surface area contributed by atoms with Crippen molar-refractivity contribution in [2.75, 3.05) is 18.2 Å². The Balaban J connectivity index is 1.83. The van der Waals surface area contributed by atoms with Gasteiger partial charge in [-0.25, -0.2) is 0 Å². The topological polar surface area (TPSA) is 64.3 Å². The number of amides is 1. The third kappa shape index (κ3) is 2.35. The maximum Gasteiger partial charge on any atom is 0.265 e. The van der Waals surface area contributed by atoms with Crippen LogP contribution in [0.15, 0.2) is 35.7 Å². The highest BCUT2D eigenvalue weighted by Crippen LogP contribution is 2.31. The molecule has 4 nitrogen and oxygen atoms in total. The molecule has 0 fully saturated rings. The van der Waals surface area contributed by atoms with Crippen LogP contribution in [-0.4, -0.2) is 13.0 Å². The lowest BCUT2D eigenvalue weighted by atomic mass is 10.2. The molecule has 0 aliphatic carbocycles. The van der Waals surface area contributed by atoms with E-state index in [9.17, 15) is 4.79 Å². The molecule has 1 aromatic carbocycles. The van der Waals surface area contributed by atoms with E-state index in [0.29, 0.717) is 22.0 Å². The highest BCUT2D eigenvalue weighted by atomic mass is 32.1. The van der Waals surface area contributed by atoms with Gasteiger partial charge < -0.3 is 15.8 Å². The second kappa shape index (κ2) is 5.15. The molecule has 2 aromatic heterocycles. The third-order valence-corrected chi connectivity index (χ3v) is 4.95. The summed E-state index contributed by atoms with van der Waals surface area (Å²) in [6.45, 7) is 0. The first kappa shape index (κ1) is 13.0. The summed E-state index contributed by atoms with van der Waals surface area (Å²) in [5, 5.41) is 4.87. The number of benzene rings is 1. The molecule has 1 amide bonds. The summed E-state index contributed by atoms with van der Waals surface area (Å²) >= 11 is 3.12. The maximum absolute atomic E-state index is 12.2. The number of nitrogens with two attached hydrogens (primary N) is 1. The van der Waals surface area contributed by atoms with E-state index in [1.807, 2.05) is 17.5 Å². The lowest BCUT2D eigenvalue weighted by Gasteiger charge is -2.08. The minimum atomic E-state index is -0.120. The SMILES string of the molecule is COc1cc(NC(=O)c2cc3sccc3s2)ccc1N. The normalized spacial score (nSPS) is 10.7. The van der Waals surface area contributed by atoms with Gasteiger partial charge in [0, 0.05) is 21.2 Å². The summed E-state index contributed by atoms with van der Waals surface area (Å²) in [7, 11) is 1.55. The number of carbonyl (C=O) groups is 1. The quantitative estimate of drug-likeness (QED) is 0.723. The zero-order valence-electron chi connectivity index (χ0n) is 10.7. The molecule has 3 N–H and O–H groups in total. The predicted molar refractivity (Wildman–Crippen MR) is 85.1 cm³/mol. The number of nitrogen functional groups attached to an aromatic ring is 1. The van der Waals surface area contributed by atoms with Gasteiger partial charge in [0.25, 0.3) is 5.91 Å². The van der Waals surface area contributed by atoms with E-state index in [-0.39, 0.29) is 5.91 Å². The van der Waals surface area contributed by atoms with Crippen molar-refractivity contribution in [3.63, 3.8) is 0 Å². The molecule has 0 unspecified atom stereocenters. The number of hydrogen-bond donors (Lipinski definition) is 2. The Labute approximate surface area is 123 Å². The zero-order valence-corrected chi connectivity index (χ0v) is 12.3. The van der Waals surface area contributed by atoms with E-state index in [4.69, 9.17) is 10.5 Å². The van der Waals surface area contributed by atoms with Crippen LogP contribution in [-0.2, 0) is 0 Å². The van der Waals surface area contributed by atoms with Crippen molar-refractivity contribution < 1.29 is 9.53 Å². The lowest BCUT2D eigenvalue weighted by Crippen LogP contribution is -2.10. The summed E-state index contributed by atoms with van der Waals surface area (Å²) in [5.41, 5.74) is 6.95. The Hall–Kier alpha value is -2.05. The van der Waals surface area contributed by atoms with Crippen LogP contribution < -0.4 is 15.8 Å². The highest BCUT2D eigenvalue weighted by Gasteiger charge is 2.12. The molecule has 2 heterocycles. The fourth-order valence-corrected chi connectivity index (χ4v) is 3.86. The number of rotatable bonds is 3. The highest BCUT2D eigenvalue weighted by molar-refractivity contribution is 7.27. The van der Waals surface area contributed by atoms with Gasteiger partial charge in [-0.3, -0.25) is 4.79 Å². The number of carbonyl (C=O) groups excluding carboxylic acids is 1. The van der Waals surface area contributed by atoms with Gasteiger partial charge in [-0.05, 0) is 29.6 Å². The zero-order chi connectivity index (χ0) is 14.1. The summed E-state index contributed by atoms with van der Waals surface area (Å²) in [6, 6.07) is 9.11. The molecule has 0 atom stereocenters. The first-order valence-corrected chi connectivity index (χ1v) is 7.59. The molecule has 0 saturated heterocycles. The standard InChI is InChI=1S/C14H12N2O2S2/c1-18-10-6-8(2-3-9(10)15)16-14(17)13-7-12-11(20-13)4-5-19-12/h2-7H,15H2,1H3,(H,16,17). The van der Waals surface area contributed by atoms with Gasteiger partial charge in [-0.15, -0.1) is 22.7 Å². The molecule has 0 aliphatic rings. The summed E-state index contributed by atoms with van der Waals surface area (Å²) in [6.07, 6.45) is 0. The Morgan fingerprint density at radius 3 is 2.85 bits per heavy atom. The number of ether oxygens (including phenoxy) is 1. The van der Waals surface area contributed by atoms with E-state index < -0.39 is 0 Å². The molecule has 0 saturated carbocycles. The molecule has 0 radical (unpaired) electrons. The van der Waals surface area contributed by atoms with E-state index in [2.05, 4.69) is 5.32 Å². The number of nitrogens with one attached hydrogen (secondary N) is 1. The monoisotopic (exact) mass is 304 g/mol. The summed E-state index contributed by atoms with van der Waals surface area (Å²) in [5.74, 6) is 0.431. The molecule has 3 aromatic rings. The lowest BCUT2D eigenvalue weighted by molar-refractivity contribution is 0.103. The summed E-state index contributed by atoms with van der Waals surface area (Å²) in [4.78, 5) is 12.9. The van der Waals surface area contributed by atoms with Crippen molar-refractivity contribution in [2.45, 2.75) is 0 Å². The van der Waals surface area contributed by atoms with Crippen LogP contribution in [0, 0.1) is 0 Å². The molecule has 102 valence electrons. The van der Waals surface area contributed by atoms with Crippen LogP contribution in [0.3, 0.4) is 0 Å². The largest absolute Gasteiger partial charge is 0.495 e. The van der Waals surface area contributed by atoms with Crippen molar-refractivity contribution in [3.8, 4) is 5.75 Å². The van der Waals surface area contributed by atoms with Gasteiger partial charge >= 0.3 is 0 Å². The van der Waals surface area contributed by atoms with Crippen LogP contribution >= 0.6 is 22.7 Å². The first-order chi connectivity index (χ1) is 9.67. The van der Waals surface area contributed by atoms with Crippen molar-refractivity contribution in [2.24, 2.45) is 0 Å². The van der Waals surface area contributed by atoms with Gasteiger partial charge in [0.2, 0.25) is 0 Å². The number of hydrogen-bond acceptors (Lipinski definition) is 5. The molecular weight excluding hydrogens is 292 g/mol. The predicted octanol–water partition coefficient (Wildman–Crippen LogP) is 3.81. The second-order valence-electron chi connectivity index (χ2n) is 4.17. The molecular formula is C14H12N2O2S2. The first-order valence-electron chi connectivity index (χ1n) is 5.89. The fourth-order valence-electron chi connectivity index (χ4n) is 1.86. The van der Waals surface area contributed by atoms with E-state index in [0.717, 1.165) is 9.40 Å². The number of thiophene rings is 2. The van der Waals surface area contributed by atoms with Gasteiger partial charge in [-0.2, -0.15) is 0 Å². The van der Waals surface area contributed by atoms with Crippen molar-refractivity contribution >= 4 is 49.4 Å². The molecule has 0 bridgehead atoms. The third-order valence-electron chi connectivity index (χ3n) is 2.85. The van der Waals surface area contributed by atoms with Crippen molar-refractivity contribution in [1.82, 2.24) is 0 Å². The molecule has 3 rings (SSSR count). The van der Waals surface area contributed by atoms with Gasteiger partial charge in [0.05, 0.1) is 17.7 Å². The van der Waals surface area contributed by atoms with E-state index in [1.54, 1.807) is 36.6 Å². The minimum Gasteiger partial charge on any atom is -0.495 e. The van der Waals surface area contributed by atoms with Crippen LogP contribution in [0.5, 0.6) is 5.75 Å². The Morgan fingerprint density at radius 1 is 1.25 bits per heavy atom. The van der Waals surface area contributed by atoms with Gasteiger partial charge in [0.15, 0.2) is 0 Å². The van der Waals surface area contributed by atoms with E-state index in [1.165, 1.54) is 11.3 Å². The molecule has 6 heteroatoms.